The van der Waals surface area contributed by atoms with E-state index in [0.717, 1.165) is 19.0 Å². The quantitative estimate of drug-likeness (QED) is 0.786. The van der Waals surface area contributed by atoms with E-state index in [1.54, 1.807) is 0 Å². The van der Waals surface area contributed by atoms with Gasteiger partial charge in [-0.15, -0.1) is 0 Å². The second-order valence-electron chi connectivity index (χ2n) is 5.52. The minimum Gasteiger partial charge on any atom is -0.374 e. The van der Waals surface area contributed by atoms with E-state index in [9.17, 15) is 8.78 Å². The van der Waals surface area contributed by atoms with Crippen LogP contribution in [0.5, 0.6) is 0 Å². The van der Waals surface area contributed by atoms with Crippen molar-refractivity contribution in [3.05, 3.63) is 35.4 Å². The largest absolute Gasteiger partial charge is 0.374 e. The zero-order valence-corrected chi connectivity index (χ0v) is 12.8. The van der Waals surface area contributed by atoms with Crippen molar-refractivity contribution in [2.75, 3.05) is 13.2 Å². The first-order chi connectivity index (χ1) is 9.39. The third-order valence-electron chi connectivity index (χ3n) is 3.36. The molecule has 0 fully saturated rings. The normalized spacial score (nSPS) is 13.5. The standard InChI is InChI=1S/C16H25F2NO/c1-5-7-19-15(16(3,4)20-6-2)10-12-8-13(17)11-14(18)9-12/h8-9,11,15,19H,5-7,10H2,1-4H3. The fourth-order valence-corrected chi connectivity index (χ4v) is 2.32. The molecule has 2 nitrogen and oxygen atoms in total. The Kier molecular flexibility index (Phi) is 6.56. The summed E-state index contributed by atoms with van der Waals surface area (Å²) in [6, 6.07) is 3.66. The molecule has 1 N–H and O–H groups in total. The van der Waals surface area contributed by atoms with Crippen LogP contribution in [0.3, 0.4) is 0 Å². The number of halogens is 2. The molecule has 4 heteroatoms. The third-order valence-corrected chi connectivity index (χ3v) is 3.36. The van der Waals surface area contributed by atoms with Crippen molar-refractivity contribution in [3.8, 4) is 0 Å². The van der Waals surface area contributed by atoms with E-state index in [4.69, 9.17) is 4.74 Å². The summed E-state index contributed by atoms with van der Waals surface area (Å²) in [4.78, 5) is 0. The number of rotatable bonds is 8. The third kappa shape index (κ3) is 5.17. The van der Waals surface area contributed by atoms with Gasteiger partial charge in [-0.05, 0) is 57.9 Å². The zero-order chi connectivity index (χ0) is 15.2. The van der Waals surface area contributed by atoms with E-state index in [1.165, 1.54) is 12.1 Å². The van der Waals surface area contributed by atoms with Crippen molar-refractivity contribution in [1.29, 1.82) is 0 Å². The summed E-state index contributed by atoms with van der Waals surface area (Å²) in [5.74, 6) is -1.08. The molecule has 0 aliphatic carbocycles. The fourth-order valence-electron chi connectivity index (χ4n) is 2.32. The van der Waals surface area contributed by atoms with Gasteiger partial charge in [0.15, 0.2) is 0 Å². The van der Waals surface area contributed by atoms with Crippen LogP contribution in [0.4, 0.5) is 8.78 Å². The summed E-state index contributed by atoms with van der Waals surface area (Å²) in [6.45, 7) is 9.48. The topological polar surface area (TPSA) is 21.3 Å². The Morgan fingerprint density at radius 1 is 1.15 bits per heavy atom. The van der Waals surface area contributed by atoms with Crippen LogP contribution in [-0.4, -0.2) is 24.8 Å². The van der Waals surface area contributed by atoms with E-state index in [-0.39, 0.29) is 6.04 Å². The SMILES string of the molecule is CCCNC(Cc1cc(F)cc(F)c1)C(C)(C)OCC. The maximum atomic E-state index is 13.3. The van der Waals surface area contributed by atoms with E-state index < -0.39 is 17.2 Å². The highest BCUT2D eigenvalue weighted by Crippen LogP contribution is 2.20. The first-order valence-corrected chi connectivity index (χ1v) is 7.21. The molecule has 114 valence electrons. The number of hydrogen-bond donors (Lipinski definition) is 1. The predicted molar refractivity (Wildman–Crippen MR) is 77.8 cm³/mol. The Bertz CT molecular complexity index is 401. The zero-order valence-electron chi connectivity index (χ0n) is 12.8. The van der Waals surface area contributed by atoms with Gasteiger partial charge >= 0.3 is 0 Å². The summed E-state index contributed by atoms with van der Waals surface area (Å²) >= 11 is 0. The van der Waals surface area contributed by atoms with Gasteiger partial charge in [0.25, 0.3) is 0 Å². The van der Waals surface area contributed by atoms with Crippen molar-refractivity contribution < 1.29 is 13.5 Å². The van der Waals surface area contributed by atoms with Gasteiger partial charge in [0.05, 0.1) is 5.60 Å². The van der Waals surface area contributed by atoms with Crippen LogP contribution in [0.15, 0.2) is 18.2 Å². The molecule has 1 unspecified atom stereocenters. The molecule has 0 bridgehead atoms. The summed E-state index contributed by atoms with van der Waals surface area (Å²) in [5, 5.41) is 3.41. The highest BCUT2D eigenvalue weighted by molar-refractivity contribution is 5.19. The predicted octanol–water partition coefficient (Wildman–Crippen LogP) is 3.69. The van der Waals surface area contributed by atoms with E-state index in [0.29, 0.717) is 18.6 Å². The van der Waals surface area contributed by atoms with Crippen molar-refractivity contribution in [2.45, 2.75) is 52.2 Å². The second-order valence-corrected chi connectivity index (χ2v) is 5.52. The van der Waals surface area contributed by atoms with Gasteiger partial charge in [-0.3, -0.25) is 0 Å². The average molecular weight is 285 g/mol. The van der Waals surface area contributed by atoms with Gasteiger partial charge in [0, 0.05) is 18.7 Å². The number of benzene rings is 1. The maximum Gasteiger partial charge on any atom is 0.126 e. The smallest absolute Gasteiger partial charge is 0.126 e. The van der Waals surface area contributed by atoms with Crippen LogP contribution >= 0.6 is 0 Å². The molecule has 0 aromatic heterocycles. The fraction of sp³-hybridized carbons (Fsp3) is 0.625. The lowest BCUT2D eigenvalue weighted by molar-refractivity contribution is -0.0380. The summed E-state index contributed by atoms with van der Waals surface area (Å²) < 4.78 is 32.3. The highest BCUT2D eigenvalue weighted by Gasteiger charge is 2.29. The first-order valence-electron chi connectivity index (χ1n) is 7.21. The van der Waals surface area contributed by atoms with Crippen molar-refractivity contribution in [3.63, 3.8) is 0 Å². The molecule has 0 radical (unpaired) electrons. The van der Waals surface area contributed by atoms with Gasteiger partial charge in [0.2, 0.25) is 0 Å². The second kappa shape index (κ2) is 7.70. The van der Waals surface area contributed by atoms with Crippen LogP contribution in [0.2, 0.25) is 0 Å². The molecule has 0 aliphatic heterocycles. The summed E-state index contributed by atoms with van der Waals surface area (Å²) in [7, 11) is 0. The molecule has 1 aromatic rings. The van der Waals surface area contributed by atoms with Crippen molar-refractivity contribution in [1.82, 2.24) is 5.32 Å². The minimum absolute atomic E-state index is 0.00333. The number of nitrogens with one attached hydrogen (secondary N) is 1. The molecule has 0 heterocycles. The average Bonchev–Trinajstić information content (AvgIpc) is 2.33. The van der Waals surface area contributed by atoms with E-state index in [1.807, 2.05) is 20.8 Å². The molecule has 1 atom stereocenters. The van der Waals surface area contributed by atoms with E-state index >= 15 is 0 Å². The molecule has 0 saturated heterocycles. The summed E-state index contributed by atoms with van der Waals surface area (Å²) in [5.41, 5.74) is 0.246. The van der Waals surface area contributed by atoms with Gasteiger partial charge in [-0.1, -0.05) is 6.92 Å². The van der Waals surface area contributed by atoms with Gasteiger partial charge in [0.1, 0.15) is 11.6 Å². The van der Waals surface area contributed by atoms with E-state index in [2.05, 4.69) is 12.2 Å². The molecule has 0 saturated carbocycles. The summed E-state index contributed by atoms with van der Waals surface area (Å²) in [6.07, 6.45) is 1.53. The Morgan fingerprint density at radius 3 is 2.25 bits per heavy atom. The number of hydrogen-bond acceptors (Lipinski definition) is 2. The van der Waals surface area contributed by atoms with Crippen LogP contribution in [0, 0.1) is 11.6 Å². The van der Waals surface area contributed by atoms with Crippen LogP contribution in [-0.2, 0) is 11.2 Å². The molecule has 1 aromatic carbocycles. The Balaban J connectivity index is 2.88. The Hall–Kier alpha value is -1.00. The Labute approximate surface area is 120 Å². The van der Waals surface area contributed by atoms with Crippen LogP contribution in [0.1, 0.15) is 39.7 Å². The molecular weight excluding hydrogens is 260 g/mol. The van der Waals surface area contributed by atoms with Crippen LogP contribution in [0.25, 0.3) is 0 Å². The molecule has 0 amide bonds. The van der Waals surface area contributed by atoms with Gasteiger partial charge < -0.3 is 10.1 Å². The molecular formula is C16H25F2NO. The molecule has 20 heavy (non-hydrogen) atoms. The monoisotopic (exact) mass is 285 g/mol. The van der Waals surface area contributed by atoms with Crippen molar-refractivity contribution in [2.24, 2.45) is 0 Å². The maximum absolute atomic E-state index is 13.3. The molecule has 1 rings (SSSR count). The van der Waals surface area contributed by atoms with Crippen molar-refractivity contribution >= 4 is 0 Å². The highest BCUT2D eigenvalue weighted by atomic mass is 19.1. The molecule has 0 aliphatic rings. The molecule has 0 spiro atoms. The minimum atomic E-state index is -0.538. The lowest BCUT2D eigenvalue weighted by Gasteiger charge is -2.35. The first kappa shape index (κ1) is 17.1. The Morgan fingerprint density at radius 2 is 1.75 bits per heavy atom. The van der Waals surface area contributed by atoms with Crippen LogP contribution < -0.4 is 5.32 Å². The lowest BCUT2D eigenvalue weighted by Crippen LogP contribution is -2.50. The number of ether oxygens (including phenoxy) is 1. The van der Waals surface area contributed by atoms with Gasteiger partial charge in [-0.2, -0.15) is 0 Å². The van der Waals surface area contributed by atoms with Gasteiger partial charge in [-0.25, -0.2) is 8.78 Å². The lowest BCUT2D eigenvalue weighted by atomic mass is 9.91.